The molecule has 2 heterocycles. The van der Waals surface area contributed by atoms with Crippen LogP contribution in [0.3, 0.4) is 0 Å². The van der Waals surface area contributed by atoms with Gasteiger partial charge in [-0.3, -0.25) is 9.59 Å². The van der Waals surface area contributed by atoms with E-state index in [1.165, 1.54) is 7.11 Å². The van der Waals surface area contributed by atoms with Crippen LogP contribution in [-0.2, 0) is 0 Å². The Balaban J connectivity index is 1.67. The molecule has 0 atom stereocenters. The Morgan fingerprint density at radius 2 is 2.04 bits per heavy atom. The van der Waals surface area contributed by atoms with E-state index in [4.69, 9.17) is 4.74 Å². The lowest BCUT2D eigenvalue weighted by atomic mass is 10.1. The first kappa shape index (κ1) is 16.9. The summed E-state index contributed by atoms with van der Waals surface area (Å²) in [5, 5.41) is 17.9. The number of rotatable bonds is 4. The van der Waals surface area contributed by atoms with Crippen LogP contribution in [0.5, 0.6) is 5.75 Å². The number of tetrazole rings is 1. The molecule has 27 heavy (non-hydrogen) atoms. The second kappa shape index (κ2) is 6.96. The van der Waals surface area contributed by atoms with Gasteiger partial charge in [-0.05, 0) is 40.9 Å². The van der Waals surface area contributed by atoms with Gasteiger partial charge >= 0.3 is 0 Å². The minimum absolute atomic E-state index is 0.152. The molecule has 4 rings (SSSR count). The fraction of sp³-hybridized carbons (Fsp3) is 0.0556. The van der Waals surface area contributed by atoms with Crippen molar-refractivity contribution < 1.29 is 9.53 Å². The molecule has 0 saturated carbocycles. The maximum Gasteiger partial charge on any atom is 0.265 e. The van der Waals surface area contributed by atoms with E-state index in [0.717, 1.165) is 16.7 Å². The summed E-state index contributed by atoms with van der Waals surface area (Å²) in [6.07, 6.45) is 0. The lowest BCUT2D eigenvalue weighted by Gasteiger charge is -2.09. The van der Waals surface area contributed by atoms with Gasteiger partial charge in [0.25, 0.3) is 5.91 Å². The number of H-pyrrole nitrogens is 1. The van der Waals surface area contributed by atoms with Crippen molar-refractivity contribution >= 4 is 33.7 Å². The van der Waals surface area contributed by atoms with E-state index in [1.54, 1.807) is 36.4 Å². The standard InChI is InChI=1S/C18H13N5O3S/c1-26-14-7-6-11(9-13(14)16-20-22-23-21-16)19-17(24)15-8-10-4-2-3-5-12(10)18(25)27-15/h2-9H,1H3,(H,19,24)(H,20,21,22,23). The van der Waals surface area contributed by atoms with Gasteiger partial charge in [-0.2, -0.15) is 5.21 Å². The highest BCUT2D eigenvalue weighted by Crippen LogP contribution is 2.30. The molecular formula is C18H13N5O3S. The number of aromatic amines is 1. The van der Waals surface area contributed by atoms with E-state index in [9.17, 15) is 9.59 Å². The van der Waals surface area contributed by atoms with Crippen LogP contribution in [0.15, 0.2) is 53.3 Å². The summed E-state index contributed by atoms with van der Waals surface area (Å²) in [6, 6.07) is 14.0. The number of nitrogens with zero attached hydrogens (tertiary/aromatic N) is 3. The number of ether oxygens (including phenoxy) is 1. The number of aromatic nitrogens is 4. The fourth-order valence-corrected chi connectivity index (χ4v) is 3.50. The number of anilines is 1. The zero-order chi connectivity index (χ0) is 18.8. The third-order valence-corrected chi connectivity index (χ3v) is 4.87. The molecule has 0 spiro atoms. The quantitative estimate of drug-likeness (QED) is 0.564. The van der Waals surface area contributed by atoms with Gasteiger partial charge in [-0.1, -0.05) is 29.5 Å². The number of benzene rings is 2. The van der Waals surface area contributed by atoms with E-state index < -0.39 is 0 Å². The van der Waals surface area contributed by atoms with Crippen molar-refractivity contribution in [2.45, 2.75) is 0 Å². The third-order valence-electron chi connectivity index (χ3n) is 3.94. The molecule has 2 aromatic heterocycles. The van der Waals surface area contributed by atoms with Crippen LogP contribution in [0.4, 0.5) is 5.69 Å². The largest absolute Gasteiger partial charge is 0.496 e. The highest BCUT2D eigenvalue weighted by molar-refractivity contribution is 7.12. The van der Waals surface area contributed by atoms with E-state index in [0.29, 0.717) is 33.1 Å². The molecule has 2 aromatic carbocycles. The summed E-state index contributed by atoms with van der Waals surface area (Å²) in [6.45, 7) is 0. The van der Waals surface area contributed by atoms with Crippen LogP contribution in [-0.4, -0.2) is 33.6 Å². The highest BCUT2D eigenvalue weighted by Gasteiger charge is 2.14. The molecule has 4 aromatic rings. The van der Waals surface area contributed by atoms with Crippen molar-refractivity contribution in [3.63, 3.8) is 0 Å². The molecule has 8 nitrogen and oxygen atoms in total. The van der Waals surface area contributed by atoms with Crippen LogP contribution in [0.1, 0.15) is 9.67 Å². The van der Waals surface area contributed by atoms with Gasteiger partial charge in [0.15, 0.2) is 0 Å². The van der Waals surface area contributed by atoms with E-state index in [2.05, 4.69) is 25.9 Å². The summed E-state index contributed by atoms with van der Waals surface area (Å²) in [5.41, 5.74) is 1.10. The molecule has 0 fully saturated rings. The molecular weight excluding hydrogens is 366 g/mol. The molecule has 0 bridgehead atoms. The molecule has 0 aliphatic heterocycles. The van der Waals surface area contributed by atoms with Gasteiger partial charge in [-0.25, -0.2) is 0 Å². The topological polar surface area (TPSA) is 110 Å². The molecule has 9 heteroatoms. The van der Waals surface area contributed by atoms with Crippen molar-refractivity contribution in [3.8, 4) is 17.1 Å². The first-order valence-electron chi connectivity index (χ1n) is 7.92. The van der Waals surface area contributed by atoms with Crippen LogP contribution in [0.25, 0.3) is 22.2 Å². The third kappa shape index (κ3) is 3.27. The van der Waals surface area contributed by atoms with Crippen LogP contribution >= 0.6 is 11.3 Å². The number of methoxy groups -OCH3 is 1. The highest BCUT2D eigenvalue weighted by atomic mass is 32.1. The van der Waals surface area contributed by atoms with E-state index >= 15 is 0 Å². The Hall–Kier alpha value is -3.59. The maximum atomic E-state index is 12.6. The fourth-order valence-electron chi connectivity index (χ4n) is 2.68. The summed E-state index contributed by atoms with van der Waals surface area (Å²) in [4.78, 5) is 25.2. The predicted octanol–water partition coefficient (Wildman–Crippen LogP) is 2.70. The van der Waals surface area contributed by atoms with Gasteiger partial charge in [0.05, 0.1) is 17.6 Å². The number of carbonyl (C=O) groups is 1. The van der Waals surface area contributed by atoms with Crippen molar-refractivity contribution in [3.05, 3.63) is 62.9 Å². The maximum absolute atomic E-state index is 12.6. The zero-order valence-corrected chi connectivity index (χ0v) is 14.9. The number of nitrogens with one attached hydrogen (secondary N) is 2. The second-order valence-corrected chi connectivity index (χ2v) is 6.60. The van der Waals surface area contributed by atoms with Gasteiger partial charge in [-0.15, -0.1) is 10.2 Å². The van der Waals surface area contributed by atoms with Gasteiger partial charge in [0.1, 0.15) is 5.75 Å². The van der Waals surface area contributed by atoms with Crippen LogP contribution in [0.2, 0.25) is 0 Å². The normalized spacial score (nSPS) is 10.7. The van der Waals surface area contributed by atoms with Crippen molar-refractivity contribution in [1.82, 2.24) is 20.6 Å². The Morgan fingerprint density at radius 1 is 1.19 bits per heavy atom. The van der Waals surface area contributed by atoms with Gasteiger partial charge in [0, 0.05) is 11.1 Å². The number of hydrogen-bond donors (Lipinski definition) is 2. The van der Waals surface area contributed by atoms with Crippen LogP contribution < -0.4 is 14.8 Å². The lowest BCUT2D eigenvalue weighted by Crippen LogP contribution is -2.13. The van der Waals surface area contributed by atoms with Gasteiger partial charge < -0.3 is 10.1 Å². The Bertz CT molecular complexity index is 1190. The van der Waals surface area contributed by atoms with E-state index in [-0.39, 0.29) is 10.6 Å². The van der Waals surface area contributed by atoms with Gasteiger partial charge in [0.2, 0.25) is 10.6 Å². The monoisotopic (exact) mass is 379 g/mol. The first-order valence-corrected chi connectivity index (χ1v) is 8.73. The Kier molecular flexibility index (Phi) is 4.35. The predicted molar refractivity (Wildman–Crippen MR) is 102 cm³/mol. The van der Waals surface area contributed by atoms with Crippen molar-refractivity contribution in [1.29, 1.82) is 0 Å². The summed E-state index contributed by atoms with van der Waals surface area (Å²) < 4.78 is 5.15. The molecule has 2 N–H and O–H groups in total. The molecule has 0 aliphatic carbocycles. The summed E-state index contributed by atoms with van der Waals surface area (Å²) in [5.74, 6) is 0.523. The number of carbonyl (C=O) groups excluding carboxylic acids is 1. The molecule has 0 saturated heterocycles. The minimum Gasteiger partial charge on any atom is -0.496 e. The van der Waals surface area contributed by atoms with Crippen molar-refractivity contribution in [2.24, 2.45) is 0 Å². The SMILES string of the molecule is COc1ccc(NC(=O)c2cc3ccccc3c(=O)s2)cc1-c1nn[nH]n1. The Morgan fingerprint density at radius 3 is 2.81 bits per heavy atom. The first-order chi connectivity index (χ1) is 13.2. The second-order valence-electron chi connectivity index (χ2n) is 5.59. The smallest absolute Gasteiger partial charge is 0.265 e. The molecule has 0 aliphatic rings. The molecule has 0 radical (unpaired) electrons. The van der Waals surface area contributed by atoms with Crippen LogP contribution in [0, 0.1) is 0 Å². The van der Waals surface area contributed by atoms with Crippen molar-refractivity contribution in [2.75, 3.05) is 12.4 Å². The lowest BCUT2D eigenvalue weighted by molar-refractivity contribution is 0.103. The number of amides is 1. The number of hydrogen-bond acceptors (Lipinski definition) is 7. The summed E-state index contributed by atoms with van der Waals surface area (Å²) in [7, 11) is 1.53. The van der Waals surface area contributed by atoms with E-state index in [1.807, 2.05) is 12.1 Å². The summed E-state index contributed by atoms with van der Waals surface area (Å²) >= 11 is 0.912. The average Bonchev–Trinajstić information content (AvgIpc) is 3.22. The zero-order valence-electron chi connectivity index (χ0n) is 14.1. The number of fused-ring (bicyclic) bond motifs is 1. The average molecular weight is 379 g/mol. The minimum atomic E-state index is -0.368. The Labute approximate surface area is 156 Å². The molecule has 0 unspecified atom stereocenters. The molecule has 134 valence electrons. The molecule has 1 amide bonds.